The molecule has 2 nitrogen and oxygen atoms in total. The van der Waals surface area contributed by atoms with Crippen LogP contribution in [0, 0.1) is 0 Å². The molecule has 1 aliphatic heterocycles. The second kappa shape index (κ2) is 5.71. The molecule has 1 aliphatic rings. The average molecular weight is 237 g/mol. The van der Waals surface area contributed by atoms with Gasteiger partial charge in [0, 0.05) is 29.4 Å². The Kier molecular flexibility index (Phi) is 4.27. The van der Waals surface area contributed by atoms with Gasteiger partial charge in [-0.2, -0.15) is 0 Å². The minimum Gasteiger partial charge on any atom is -0.381 e. The van der Waals surface area contributed by atoms with Gasteiger partial charge in [0.15, 0.2) is 0 Å². The van der Waals surface area contributed by atoms with Gasteiger partial charge >= 0.3 is 0 Å². The third kappa shape index (κ3) is 3.24. The van der Waals surface area contributed by atoms with Crippen molar-refractivity contribution in [2.45, 2.75) is 36.0 Å². The van der Waals surface area contributed by atoms with Crippen LogP contribution in [-0.4, -0.2) is 18.5 Å². The molecule has 2 N–H and O–H groups in total. The van der Waals surface area contributed by atoms with Crippen LogP contribution in [-0.2, 0) is 4.74 Å². The lowest BCUT2D eigenvalue weighted by Crippen LogP contribution is -2.17. The van der Waals surface area contributed by atoms with Crippen LogP contribution < -0.4 is 5.73 Å². The molecule has 0 amide bonds. The topological polar surface area (TPSA) is 35.2 Å². The highest BCUT2D eigenvalue weighted by Crippen LogP contribution is 2.30. The zero-order chi connectivity index (χ0) is 11.4. The molecule has 1 heterocycles. The Bertz CT molecular complexity index is 334. The van der Waals surface area contributed by atoms with E-state index in [1.807, 2.05) is 18.7 Å². The summed E-state index contributed by atoms with van der Waals surface area (Å²) in [6.07, 6.45) is 2.32. The molecule has 1 fully saturated rings. The van der Waals surface area contributed by atoms with Crippen LogP contribution in [0.15, 0.2) is 29.2 Å². The summed E-state index contributed by atoms with van der Waals surface area (Å²) in [4.78, 5) is 1.33. The number of benzene rings is 1. The molecule has 1 unspecified atom stereocenters. The molecule has 1 saturated heterocycles. The van der Waals surface area contributed by atoms with E-state index in [-0.39, 0.29) is 6.04 Å². The Morgan fingerprint density at radius 1 is 1.38 bits per heavy atom. The number of rotatable bonds is 3. The Morgan fingerprint density at radius 2 is 2.12 bits per heavy atom. The molecule has 16 heavy (non-hydrogen) atoms. The van der Waals surface area contributed by atoms with Gasteiger partial charge in [0.2, 0.25) is 0 Å². The molecule has 0 spiro atoms. The van der Waals surface area contributed by atoms with E-state index in [2.05, 4.69) is 24.3 Å². The van der Waals surface area contributed by atoms with Gasteiger partial charge < -0.3 is 10.5 Å². The number of nitrogens with two attached hydrogens (primary N) is 1. The van der Waals surface area contributed by atoms with Gasteiger partial charge in [-0.1, -0.05) is 12.1 Å². The Labute approximate surface area is 102 Å². The second-order valence-electron chi connectivity index (χ2n) is 4.29. The van der Waals surface area contributed by atoms with E-state index in [9.17, 15) is 0 Å². The molecule has 2 rings (SSSR count). The lowest BCUT2D eigenvalue weighted by molar-refractivity contribution is 0.100. The highest BCUT2D eigenvalue weighted by molar-refractivity contribution is 8.00. The molecular formula is C13H19NOS. The fourth-order valence-electron chi connectivity index (χ4n) is 1.86. The normalized spacial score (nSPS) is 19.6. The molecule has 88 valence electrons. The van der Waals surface area contributed by atoms with Crippen molar-refractivity contribution >= 4 is 11.8 Å². The summed E-state index contributed by atoms with van der Waals surface area (Å²) < 4.78 is 5.37. The average Bonchev–Trinajstić information content (AvgIpc) is 2.30. The summed E-state index contributed by atoms with van der Waals surface area (Å²) in [5.74, 6) is 0. The van der Waals surface area contributed by atoms with E-state index in [1.165, 1.54) is 10.5 Å². The number of thioether (sulfide) groups is 1. The maximum atomic E-state index is 5.89. The first kappa shape index (κ1) is 12.0. The van der Waals surface area contributed by atoms with Gasteiger partial charge in [0.25, 0.3) is 0 Å². The molecule has 1 aromatic rings. The molecule has 0 saturated carbocycles. The zero-order valence-corrected chi connectivity index (χ0v) is 10.5. The maximum absolute atomic E-state index is 5.89. The van der Waals surface area contributed by atoms with Crippen LogP contribution in [0.3, 0.4) is 0 Å². The van der Waals surface area contributed by atoms with E-state index in [4.69, 9.17) is 10.5 Å². The first-order chi connectivity index (χ1) is 7.75. The minimum absolute atomic E-state index is 0.121. The fraction of sp³-hybridized carbons (Fsp3) is 0.538. The Hall–Kier alpha value is -0.510. The fourth-order valence-corrected chi connectivity index (χ4v) is 3.03. The number of ether oxygens (including phenoxy) is 1. The van der Waals surface area contributed by atoms with Crippen LogP contribution >= 0.6 is 11.8 Å². The maximum Gasteiger partial charge on any atom is 0.0476 e. The lowest BCUT2D eigenvalue weighted by Gasteiger charge is -2.21. The third-order valence-corrected chi connectivity index (χ3v) is 4.19. The molecule has 0 bridgehead atoms. The van der Waals surface area contributed by atoms with Gasteiger partial charge in [0.1, 0.15) is 0 Å². The van der Waals surface area contributed by atoms with E-state index in [0.29, 0.717) is 5.25 Å². The zero-order valence-electron chi connectivity index (χ0n) is 9.69. The minimum atomic E-state index is 0.121. The SMILES string of the molecule is CC(N)c1cccc(SC2CCOCC2)c1. The molecule has 1 aromatic carbocycles. The Balaban J connectivity index is 2.00. The smallest absolute Gasteiger partial charge is 0.0476 e. The summed E-state index contributed by atoms with van der Waals surface area (Å²) >= 11 is 1.96. The molecule has 0 radical (unpaired) electrons. The van der Waals surface area contributed by atoms with Gasteiger partial charge in [-0.15, -0.1) is 11.8 Å². The summed E-state index contributed by atoms with van der Waals surface area (Å²) in [5.41, 5.74) is 7.11. The first-order valence-corrected chi connectivity index (χ1v) is 6.73. The van der Waals surface area contributed by atoms with Crippen molar-refractivity contribution in [1.82, 2.24) is 0 Å². The van der Waals surface area contributed by atoms with Gasteiger partial charge in [-0.05, 0) is 37.5 Å². The van der Waals surface area contributed by atoms with Crippen molar-refractivity contribution in [2.75, 3.05) is 13.2 Å². The first-order valence-electron chi connectivity index (χ1n) is 5.85. The van der Waals surface area contributed by atoms with Crippen LogP contribution in [0.4, 0.5) is 0 Å². The Morgan fingerprint density at radius 3 is 2.81 bits per heavy atom. The van der Waals surface area contributed by atoms with E-state index in [1.54, 1.807) is 0 Å². The molecule has 0 aromatic heterocycles. The van der Waals surface area contributed by atoms with Crippen LogP contribution in [0.25, 0.3) is 0 Å². The predicted octanol–water partition coefficient (Wildman–Crippen LogP) is 2.98. The summed E-state index contributed by atoms with van der Waals surface area (Å²) in [6, 6.07) is 8.70. The van der Waals surface area contributed by atoms with Crippen molar-refractivity contribution < 1.29 is 4.74 Å². The molecule has 3 heteroatoms. The van der Waals surface area contributed by atoms with Crippen molar-refractivity contribution in [3.8, 4) is 0 Å². The van der Waals surface area contributed by atoms with Crippen molar-refractivity contribution in [3.05, 3.63) is 29.8 Å². The van der Waals surface area contributed by atoms with Crippen molar-refractivity contribution in [1.29, 1.82) is 0 Å². The lowest BCUT2D eigenvalue weighted by atomic mass is 10.1. The van der Waals surface area contributed by atoms with Gasteiger partial charge in [-0.3, -0.25) is 0 Å². The highest BCUT2D eigenvalue weighted by atomic mass is 32.2. The summed E-state index contributed by atoms with van der Waals surface area (Å²) in [6.45, 7) is 3.84. The summed E-state index contributed by atoms with van der Waals surface area (Å²) in [7, 11) is 0. The summed E-state index contributed by atoms with van der Waals surface area (Å²) in [5, 5.41) is 0.706. The molecule has 0 aliphatic carbocycles. The van der Waals surface area contributed by atoms with Crippen LogP contribution in [0.2, 0.25) is 0 Å². The number of hydrogen-bond donors (Lipinski definition) is 1. The van der Waals surface area contributed by atoms with Crippen LogP contribution in [0.5, 0.6) is 0 Å². The van der Waals surface area contributed by atoms with E-state index >= 15 is 0 Å². The largest absolute Gasteiger partial charge is 0.381 e. The van der Waals surface area contributed by atoms with Crippen molar-refractivity contribution in [2.24, 2.45) is 5.73 Å². The van der Waals surface area contributed by atoms with Gasteiger partial charge in [0.05, 0.1) is 0 Å². The predicted molar refractivity (Wildman–Crippen MR) is 68.7 cm³/mol. The molecule has 1 atom stereocenters. The van der Waals surface area contributed by atoms with E-state index in [0.717, 1.165) is 26.1 Å². The molecular weight excluding hydrogens is 218 g/mol. The highest BCUT2D eigenvalue weighted by Gasteiger charge is 2.15. The monoisotopic (exact) mass is 237 g/mol. The van der Waals surface area contributed by atoms with Gasteiger partial charge in [-0.25, -0.2) is 0 Å². The third-order valence-electron chi connectivity index (χ3n) is 2.85. The number of hydrogen-bond acceptors (Lipinski definition) is 3. The second-order valence-corrected chi connectivity index (χ2v) is 5.66. The standard InChI is InChI=1S/C13H19NOS/c1-10(14)11-3-2-4-13(9-11)16-12-5-7-15-8-6-12/h2-4,9-10,12H,5-8,14H2,1H3. The van der Waals surface area contributed by atoms with Crippen molar-refractivity contribution in [3.63, 3.8) is 0 Å². The van der Waals surface area contributed by atoms with E-state index < -0.39 is 0 Å². The quantitative estimate of drug-likeness (QED) is 0.877. The van der Waals surface area contributed by atoms with Crippen LogP contribution in [0.1, 0.15) is 31.4 Å².